The highest BCUT2D eigenvalue weighted by atomic mass is 32.2. The minimum Gasteiger partial charge on any atom is -0.467 e. The molecule has 130 valence electrons. The summed E-state index contributed by atoms with van der Waals surface area (Å²) in [6.07, 6.45) is 3.21. The molecule has 0 radical (unpaired) electrons. The van der Waals surface area contributed by atoms with E-state index in [0.717, 1.165) is 0 Å². The Labute approximate surface area is 136 Å². The molecule has 0 aromatic carbocycles. The third kappa shape index (κ3) is 8.87. The molecule has 0 bridgehead atoms. The molecule has 8 nitrogen and oxygen atoms in total. The zero-order valence-corrected chi connectivity index (χ0v) is 14.4. The Balaban J connectivity index is 2.28. The standard InChI is InChI=1S/C14H24N4O4S/c1-11(6-8-23(3,20)21)18-14(15-2)17-10-13(19)16-9-12-5-4-7-22-12/h4-5,7,11H,6,8-10H2,1-3H3,(H,16,19)(H2,15,17,18). The Morgan fingerprint density at radius 2 is 2.13 bits per heavy atom. The van der Waals surface area contributed by atoms with Crippen molar-refractivity contribution in [3.8, 4) is 0 Å². The van der Waals surface area contributed by atoms with Crippen molar-refractivity contribution in [2.45, 2.75) is 25.9 Å². The molecule has 23 heavy (non-hydrogen) atoms. The molecule has 1 rings (SSSR count). The predicted molar refractivity (Wildman–Crippen MR) is 88.8 cm³/mol. The van der Waals surface area contributed by atoms with Crippen molar-refractivity contribution < 1.29 is 17.6 Å². The van der Waals surface area contributed by atoms with E-state index >= 15 is 0 Å². The van der Waals surface area contributed by atoms with Crippen LogP contribution >= 0.6 is 0 Å². The number of rotatable bonds is 8. The lowest BCUT2D eigenvalue weighted by atomic mass is 10.3. The summed E-state index contributed by atoms with van der Waals surface area (Å²) >= 11 is 0. The highest BCUT2D eigenvalue weighted by molar-refractivity contribution is 7.90. The number of nitrogens with one attached hydrogen (secondary N) is 3. The Morgan fingerprint density at radius 1 is 1.39 bits per heavy atom. The van der Waals surface area contributed by atoms with Gasteiger partial charge in [-0.2, -0.15) is 0 Å². The number of amides is 1. The third-order valence-corrected chi connectivity index (χ3v) is 3.96. The summed E-state index contributed by atoms with van der Waals surface area (Å²) in [6.45, 7) is 2.23. The Morgan fingerprint density at radius 3 is 2.70 bits per heavy atom. The topological polar surface area (TPSA) is 113 Å². The fourth-order valence-electron chi connectivity index (χ4n) is 1.72. The van der Waals surface area contributed by atoms with Gasteiger partial charge in [-0.25, -0.2) is 8.42 Å². The lowest BCUT2D eigenvalue weighted by Gasteiger charge is -2.17. The molecule has 0 aliphatic heterocycles. The monoisotopic (exact) mass is 344 g/mol. The Bertz CT molecular complexity index is 611. The average Bonchev–Trinajstić information content (AvgIpc) is 3.00. The Kier molecular flexibility index (Phi) is 7.60. The molecule has 0 aliphatic carbocycles. The molecular weight excluding hydrogens is 320 g/mol. The van der Waals surface area contributed by atoms with Crippen LogP contribution in [0.3, 0.4) is 0 Å². The van der Waals surface area contributed by atoms with E-state index in [2.05, 4.69) is 20.9 Å². The second-order valence-corrected chi connectivity index (χ2v) is 7.51. The quantitative estimate of drug-likeness (QED) is 0.448. The van der Waals surface area contributed by atoms with Gasteiger partial charge in [-0.1, -0.05) is 0 Å². The first-order valence-corrected chi connectivity index (χ1v) is 9.30. The summed E-state index contributed by atoms with van der Waals surface area (Å²) in [4.78, 5) is 15.7. The van der Waals surface area contributed by atoms with Gasteiger partial charge in [0.05, 0.1) is 25.1 Å². The van der Waals surface area contributed by atoms with Gasteiger partial charge in [-0.15, -0.1) is 0 Å². The number of furan rings is 1. The largest absolute Gasteiger partial charge is 0.467 e. The van der Waals surface area contributed by atoms with Crippen molar-refractivity contribution in [2.75, 3.05) is 25.6 Å². The molecular formula is C14H24N4O4S. The Hall–Kier alpha value is -2.03. The summed E-state index contributed by atoms with van der Waals surface area (Å²) in [5.41, 5.74) is 0. The smallest absolute Gasteiger partial charge is 0.239 e. The highest BCUT2D eigenvalue weighted by Gasteiger charge is 2.10. The van der Waals surface area contributed by atoms with Crippen molar-refractivity contribution in [1.29, 1.82) is 0 Å². The number of hydrogen-bond acceptors (Lipinski definition) is 5. The number of aliphatic imine (C=N–C) groups is 1. The van der Waals surface area contributed by atoms with Gasteiger partial charge in [-0.3, -0.25) is 9.79 Å². The van der Waals surface area contributed by atoms with Gasteiger partial charge in [-0.05, 0) is 25.5 Å². The van der Waals surface area contributed by atoms with Crippen LogP contribution in [-0.4, -0.2) is 51.9 Å². The SMILES string of the molecule is CN=C(NCC(=O)NCc1ccco1)NC(C)CCS(C)(=O)=O. The second kappa shape index (κ2) is 9.19. The molecule has 1 amide bonds. The zero-order chi connectivity index (χ0) is 17.3. The second-order valence-electron chi connectivity index (χ2n) is 5.25. The van der Waals surface area contributed by atoms with E-state index in [4.69, 9.17) is 4.42 Å². The van der Waals surface area contributed by atoms with Crippen molar-refractivity contribution in [3.63, 3.8) is 0 Å². The number of carbonyl (C=O) groups is 1. The maximum atomic E-state index is 11.7. The van der Waals surface area contributed by atoms with Gasteiger partial charge in [0, 0.05) is 19.3 Å². The number of guanidine groups is 1. The maximum Gasteiger partial charge on any atom is 0.239 e. The van der Waals surface area contributed by atoms with Crippen LogP contribution in [0.2, 0.25) is 0 Å². The highest BCUT2D eigenvalue weighted by Crippen LogP contribution is 1.98. The van der Waals surface area contributed by atoms with Gasteiger partial charge in [0.15, 0.2) is 5.96 Å². The third-order valence-electron chi connectivity index (χ3n) is 2.98. The molecule has 0 saturated heterocycles. The summed E-state index contributed by atoms with van der Waals surface area (Å²) in [5.74, 6) is 1.02. The first kappa shape index (κ1) is 19.0. The van der Waals surface area contributed by atoms with E-state index in [-0.39, 0.29) is 24.2 Å². The number of nitrogens with zero attached hydrogens (tertiary/aromatic N) is 1. The predicted octanol–water partition coefficient (Wildman–Crippen LogP) is -0.116. The van der Waals surface area contributed by atoms with E-state index < -0.39 is 9.84 Å². The van der Waals surface area contributed by atoms with Gasteiger partial charge < -0.3 is 20.4 Å². The summed E-state index contributed by atoms with van der Waals surface area (Å²) in [5, 5.41) is 8.62. The van der Waals surface area contributed by atoms with Crippen LogP contribution in [0.4, 0.5) is 0 Å². The van der Waals surface area contributed by atoms with Crippen LogP contribution in [0.25, 0.3) is 0 Å². The fourth-order valence-corrected chi connectivity index (χ4v) is 2.50. The summed E-state index contributed by atoms with van der Waals surface area (Å²) < 4.78 is 27.4. The van der Waals surface area contributed by atoms with Crippen LogP contribution in [-0.2, 0) is 21.2 Å². The van der Waals surface area contributed by atoms with Crippen LogP contribution in [0, 0.1) is 0 Å². The normalized spacial score (nSPS) is 13.4. The summed E-state index contributed by atoms with van der Waals surface area (Å²) in [6, 6.07) is 3.45. The van der Waals surface area contributed by atoms with Crippen molar-refractivity contribution in [2.24, 2.45) is 4.99 Å². The van der Waals surface area contributed by atoms with Crippen molar-refractivity contribution in [1.82, 2.24) is 16.0 Å². The van der Waals surface area contributed by atoms with Crippen LogP contribution in [0.15, 0.2) is 27.8 Å². The molecule has 1 heterocycles. The fraction of sp³-hybridized carbons (Fsp3) is 0.571. The lowest BCUT2D eigenvalue weighted by molar-refractivity contribution is -0.120. The van der Waals surface area contributed by atoms with Crippen LogP contribution in [0.5, 0.6) is 0 Å². The minimum atomic E-state index is -2.99. The first-order valence-electron chi connectivity index (χ1n) is 7.24. The van der Waals surface area contributed by atoms with Gasteiger partial charge >= 0.3 is 0 Å². The van der Waals surface area contributed by atoms with E-state index in [1.54, 1.807) is 25.4 Å². The minimum absolute atomic E-state index is 0.0547. The molecule has 0 fully saturated rings. The number of sulfone groups is 1. The van der Waals surface area contributed by atoms with Gasteiger partial charge in [0.25, 0.3) is 0 Å². The van der Waals surface area contributed by atoms with Crippen LogP contribution in [0.1, 0.15) is 19.1 Å². The summed E-state index contributed by atoms with van der Waals surface area (Å²) in [7, 11) is -1.41. The first-order chi connectivity index (χ1) is 10.8. The van der Waals surface area contributed by atoms with E-state index in [1.165, 1.54) is 6.26 Å². The molecule has 0 spiro atoms. The molecule has 1 atom stereocenters. The van der Waals surface area contributed by atoms with Gasteiger partial charge in [0.2, 0.25) is 5.91 Å². The lowest BCUT2D eigenvalue weighted by Crippen LogP contribution is -2.46. The van der Waals surface area contributed by atoms with E-state index in [1.807, 2.05) is 6.92 Å². The molecule has 0 aliphatic rings. The molecule has 1 unspecified atom stereocenters. The van der Waals surface area contributed by atoms with Crippen LogP contribution < -0.4 is 16.0 Å². The maximum absolute atomic E-state index is 11.7. The number of carbonyl (C=O) groups excluding carboxylic acids is 1. The molecule has 1 aromatic heterocycles. The molecule has 1 aromatic rings. The number of hydrogen-bond donors (Lipinski definition) is 3. The molecule has 3 N–H and O–H groups in total. The zero-order valence-electron chi connectivity index (χ0n) is 13.6. The molecule has 0 saturated carbocycles. The molecule has 9 heteroatoms. The van der Waals surface area contributed by atoms with Crippen molar-refractivity contribution in [3.05, 3.63) is 24.2 Å². The van der Waals surface area contributed by atoms with Gasteiger partial charge in [0.1, 0.15) is 15.6 Å². The van der Waals surface area contributed by atoms with E-state index in [0.29, 0.717) is 24.7 Å². The van der Waals surface area contributed by atoms with Crippen molar-refractivity contribution >= 4 is 21.7 Å². The van der Waals surface area contributed by atoms with E-state index in [9.17, 15) is 13.2 Å². The average molecular weight is 344 g/mol.